The van der Waals surface area contributed by atoms with Gasteiger partial charge in [0.05, 0.1) is 35.3 Å². The molecule has 10 nitrogen and oxygen atoms in total. The molecule has 5 N–H and O–H groups in total. The molecule has 0 aliphatic heterocycles. The number of anilines is 3. The van der Waals surface area contributed by atoms with Crippen molar-refractivity contribution in [2.75, 3.05) is 17.2 Å². The van der Waals surface area contributed by atoms with Gasteiger partial charge < -0.3 is 30.4 Å². The maximum Gasteiger partial charge on any atom is 0.268 e. The van der Waals surface area contributed by atoms with Crippen LogP contribution in [0.5, 0.6) is 0 Å². The summed E-state index contributed by atoms with van der Waals surface area (Å²) in [6, 6.07) is 3.44. The normalized spacial score (nSPS) is 12.7. The Morgan fingerprint density at radius 1 is 1.38 bits per heavy atom. The van der Waals surface area contributed by atoms with E-state index in [0.29, 0.717) is 32.7 Å². The molecule has 0 saturated carbocycles. The van der Waals surface area contributed by atoms with Crippen LogP contribution in [0.4, 0.5) is 17.5 Å². The molecule has 3 aromatic rings. The lowest BCUT2D eigenvalue weighted by Gasteiger charge is -2.23. The first-order valence-corrected chi connectivity index (χ1v) is 9.15. The monoisotopic (exact) mass is 401 g/mol. The predicted octanol–water partition coefficient (Wildman–Crippen LogP) is 0.946. The average Bonchev–Trinajstić information content (AvgIpc) is 2.62. The van der Waals surface area contributed by atoms with Crippen molar-refractivity contribution in [3.8, 4) is 0 Å². The third-order valence-corrected chi connectivity index (χ3v) is 4.05. The van der Waals surface area contributed by atoms with Crippen molar-refractivity contribution < 1.29 is 14.6 Å². The summed E-state index contributed by atoms with van der Waals surface area (Å²) in [7, 11) is 0. The van der Waals surface area contributed by atoms with Gasteiger partial charge in [-0.15, -0.1) is 0 Å². The molecule has 3 heterocycles. The highest BCUT2D eigenvalue weighted by atomic mass is 16.3. The highest BCUT2D eigenvalue weighted by Crippen LogP contribution is 2.25. The molecule has 0 fully saturated rings. The molecule has 0 amide bonds. The first kappa shape index (κ1) is 20.5. The topological polar surface area (TPSA) is 138 Å². The van der Waals surface area contributed by atoms with Crippen LogP contribution in [0.3, 0.4) is 0 Å². The highest BCUT2D eigenvalue weighted by Gasteiger charge is 2.18. The SMILES string of the molecule is CC(C)(C)Nc1nc(Nc2c[n+](=O)cc[nH]2)cc2ccn(C[C@@H](O)CO)c(=O)c12. The standard InChI is InChI=1S/C19H24N6O4/c1-19(2,3)23-17-16-12(4-6-24(18(16)28)9-13(27)11-26)8-14(22-17)21-15-10-25(29)7-5-20-15/h4-8,10,13,26-27H,9,11H2,1-3H3,(H2-,20,21,22,23,28,29)/p+1/t13-/m1/s1. The van der Waals surface area contributed by atoms with E-state index in [9.17, 15) is 14.8 Å². The van der Waals surface area contributed by atoms with Gasteiger partial charge in [-0.3, -0.25) is 4.79 Å². The van der Waals surface area contributed by atoms with Gasteiger partial charge in [-0.2, -0.15) is 0 Å². The lowest BCUT2D eigenvalue weighted by atomic mass is 10.1. The third kappa shape index (κ3) is 4.98. The Bertz CT molecular complexity index is 1130. The van der Waals surface area contributed by atoms with Gasteiger partial charge in [-0.1, -0.05) is 0 Å². The second-order valence-electron chi connectivity index (χ2n) is 7.79. The van der Waals surface area contributed by atoms with E-state index in [1.54, 1.807) is 18.3 Å². The summed E-state index contributed by atoms with van der Waals surface area (Å²) in [5.74, 6) is 1.26. The second-order valence-corrected chi connectivity index (χ2v) is 7.79. The summed E-state index contributed by atoms with van der Waals surface area (Å²) in [6.45, 7) is 5.38. The molecule has 3 aromatic heterocycles. The number of pyridine rings is 2. The molecule has 0 spiro atoms. The molecule has 0 radical (unpaired) electrons. The van der Waals surface area contributed by atoms with Crippen LogP contribution >= 0.6 is 0 Å². The molecular formula is C19H25N6O4+. The number of aliphatic hydroxyl groups is 2. The zero-order valence-electron chi connectivity index (χ0n) is 16.5. The molecule has 10 heteroatoms. The van der Waals surface area contributed by atoms with E-state index in [-0.39, 0.29) is 17.6 Å². The maximum absolute atomic E-state index is 13.0. The number of H-pyrrole nitrogens is 1. The Kier molecular flexibility index (Phi) is 5.66. The number of fused-ring (bicyclic) bond motifs is 1. The van der Waals surface area contributed by atoms with Crippen LogP contribution in [0.2, 0.25) is 0 Å². The molecule has 3 rings (SSSR count). The summed E-state index contributed by atoms with van der Waals surface area (Å²) in [4.78, 5) is 31.9. The molecule has 0 aromatic carbocycles. The zero-order chi connectivity index (χ0) is 21.2. The van der Waals surface area contributed by atoms with Gasteiger partial charge in [0.15, 0.2) is 5.82 Å². The van der Waals surface area contributed by atoms with E-state index < -0.39 is 12.7 Å². The van der Waals surface area contributed by atoms with Crippen LogP contribution in [0.1, 0.15) is 20.8 Å². The minimum Gasteiger partial charge on any atom is -0.394 e. The molecule has 0 unspecified atom stereocenters. The predicted molar refractivity (Wildman–Crippen MR) is 110 cm³/mol. The fraction of sp³-hybridized carbons (Fsp3) is 0.368. The number of nitrogens with one attached hydrogen (secondary N) is 3. The van der Waals surface area contributed by atoms with Crippen LogP contribution < -0.4 is 20.6 Å². The van der Waals surface area contributed by atoms with Gasteiger partial charge in [0, 0.05) is 16.6 Å². The largest absolute Gasteiger partial charge is 0.394 e. The van der Waals surface area contributed by atoms with Gasteiger partial charge in [0.2, 0.25) is 6.20 Å². The maximum atomic E-state index is 13.0. The van der Waals surface area contributed by atoms with Crippen molar-refractivity contribution >= 4 is 28.2 Å². The second kappa shape index (κ2) is 8.02. The van der Waals surface area contributed by atoms with Gasteiger partial charge in [-0.25, -0.2) is 4.98 Å². The molecular weight excluding hydrogens is 376 g/mol. The van der Waals surface area contributed by atoms with E-state index in [0.717, 1.165) is 0 Å². The number of hydrogen-bond acceptors (Lipinski definition) is 7. The van der Waals surface area contributed by atoms with Crippen molar-refractivity contribution in [2.24, 2.45) is 0 Å². The van der Waals surface area contributed by atoms with E-state index >= 15 is 0 Å². The van der Waals surface area contributed by atoms with Gasteiger partial charge in [-0.05, 0) is 38.3 Å². The molecule has 154 valence electrons. The quantitative estimate of drug-likeness (QED) is 0.388. The summed E-state index contributed by atoms with van der Waals surface area (Å²) >= 11 is 0. The fourth-order valence-corrected chi connectivity index (χ4v) is 2.86. The first-order chi connectivity index (χ1) is 13.7. The van der Waals surface area contributed by atoms with Gasteiger partial charge >= 0.3 is 0 Å². The van der Waals surface area contributed by atoms with Crippen molar-refractivity contribution in [1.82, 2.24) is 14.5 Å². The summed E-state index contributed by atoms with van der Waals surface area (Å²) in [5.41, 5.74) is -0.697. The Balaban J connectivity index is 2.13. The first-order valence-electron chi connectivity index (χ1n) is 9.15. The summed E-state index contributed by atoms with van der Waals surface area (Å²) in [5, 5.41) is 26.1. The van der Waals surface area contributed by atoms with Crippen molar-refractivity contribution in [3.63, 3.8) is 0 Å². The average molecular weight is 401 g/mol. The van der Waals surface area contributed by atoms with Crippen molar-refractivity contribution in [1.29, 1.82) is 0 Å². The lowest BCUT2D eigenvalue weighted by Crippen LogP contribution is -2.31. The molecule has 1 atom stereocenters. The minimum absolute atomic E-state index is 0.0251. The van der Waals surface area contributed by atoms with Crippen LogP contribution in [0.15, 0.2) is 41.7 Å². The molecule has 0 aliphatic carbocycles. The summed E-state index contributed by atoms with van der Waals surface area (Å²) < 4.78 is 2.00. The van der Waals surface area contributed by atoms with E-state index in [4.69, 9.17) is 5.11 Å². The number of aromatic amines is 1. The zero-order valence-corrected chi connectivity index (χ0v) is 16.5. The number of aromatic nitrogens is 4. The molecule has 29 heavy (non-hydrogen) atoms. The minimum atomic E-state index is -1.04. The van der Waals surface area contributed by atoms with Crippen LogP contribution in [-0.2, 0) is 6.54 Å². The Morgan fingerprint density at radius 2 is 2.14 bits per heavy atom. The van der Waals surface area contributed by atoms with E-state index in [2.05, 4.69) is 20.6 Å². The highest BCUT2D eigenvalue weighted by molar-refractivity contribution is 5.93. The molecule has 0 saturated heterocycles. The number of aliphatic hydroxyl groups excluding tert-OH is 2. The van der Waals surface area contributed by atoms with Gasteiger partial charge in [0.1, 0.15) is 11.6 Å². The number of nitrogens with zero attached hydrogens (tertiary/aromatic N) is 3. The van der Waals surface area contributed by atoms with Crippen LogP contribution in [0.25, 0.3) is 10.8 Å². The Labute approximate surface area is 166 Å². The van der Waals surface area contributed by atoms with E-state index in [1.807, 2.05) is 20.8 Å². The number of rotatable bonds is 6. The Hall–Kier alpha value is -3.24. The molecule has 0 bridgehead atoms. The van der Waals surface area contributed by atoms with Gasteiger partial charge in [0.25, 0.3) is 11.8 Å². The van der Waals surface area contributed by atoms with E-state index in [1.165, 1.54) is 23.2 Å². The van der Waals surface area contributed by atoms with Crippen molar-refractivity contribution in [3.05, 3.63) is 52.2 Å². The summed E-state index contributed by atoms with van der Waals surface area (Å²) in [6.07, 6.45) is 4.68. The van der Waals surface area contributed by atoms with Crippen LogP contribution in [0, 0.1) is 4.91 Å². The third-order valence-electron chi connectivity index (χ3n) is 4.05. The molecule has 0 aliphatic rings. The van der Waals surface area contributed by atoms with Crippen LogP contribution in [-0.4, -0.2) is 43.0 Å². The smallest absolute Gasteiger partial charge is 0.268 e. The Morgan fingerprint density at radius 3 is 2.79 bits per heavy atom. The fourth-order valence-electron chi connectivity index (χ4n) is 2.86. The lowest BCUT2D eigenvalue weighted by molar-refractivity contribution is -0.494. The number of hydrogen-bond donors (Lipinski definition) is 5. The van der Waals surface area contributed by atoms with Crippen molar-refractivity contribution in [2.45, 2.75) is 39.0 Å².